The molecule has 0 aliphatic rings. The van der Waals surface area contributed by atoms with Gasteiger partial charge in [0.05, 0.1) is 0 Å². The summed E-state index contributed by atoms with van der Waals surface area (Å²) < 4.78 is 0. The largest absolute Gasteiger partial charge is 0.369 e. The van der Waals surface area contributed by atoms with E-state index in [9.17, 15) is 4.79 Å². The van der Waals surface area contributed by atoms with Crippen LogP contribution in [0.4, 0.5) is 0 Å². The molecular formula is C9H18NO. The number of amides is 1. The summed E-state index contributed by atoms with van der Waals surface area (Å²) in [5.74, 6) is 0.944. The van der Waals surface area contributed by atoms with Gasteiger partial charge in [0.2, 0.25) is 5.91 Å². The number of hydrogen-bond acceptors (Lipinski definition) is 1. The molecule has 0 saturated carbocycles. The van der Waals surface area contributed by atoms with Gasteiger partial charge in [-0.05, 0) is 12.3 Å². The number of hydrogen-bond donors (Lipinski definition) is 1. The van der Waals surface area contributed by atoms with Crippen molar-refractivity contribution in [1.82, 2.24) is 0 Å². The monoisotopic (exact) mass is 156 g/mol. The van der Waals surface area contributed by atoms with E-state index in [1.165, 1.54) is 12.3 Å². The second-order valence-corrected chi connectivity index (χ2v) is 3.07. The lowest BCUT2D eigenvalue weighted by molar-refractivity contribution is -0.120. The molecule has 1 amide bonds. The van der Waals surface area contributed by atoms with Gasteiger partial charge in [-0.2, -0.15) is 0 Å². The topological polar surface area (TPSA) is 43.1 Å². The van der Waals surface area contributed by atoms with E-state index in [0.717, 1.165) is 12.8 Å². The molecule has 0 bridgehead atoms. The van der Waals surface area contributed by atoms with Crippen molar-refractivity contribution in [2.75, 3.05) is 0 Å². The summed E-state index contributed by atoms with van der Waals surface area (Å²) >= 11 is 0. The predicted molar refractivity (Wildman–Crippen MR) is 46.8 cm³/mol. The van der Waals surface area contributed by atoms with Gasteiger partial charge in [0, 0.05) is 5.92 Å². The fourth-order valence-electron chi connectivity index (χ4n) is 0.915. The molecule has 2 N–H and O–H groups in total. The number of primary amides is 1. The van der Waals surface area contributed by atoms with Crippen LogP contribution in [0, 0.1) is 11.8 Å². The molecule has 2 nitrogen and oxygen atoms in total. The van der Waals surface area contributed by atoms with Crippen LogP contribution >= 0.6 is 0 Å². The van der Waals surface area contributed by atoms with Crippen LogP contribution in [-0.4, -0.2) is 5.91 Å². The molecule has 0 aromatic carbocycles. The van der Waals surface area contributed by atoms with E-state index in [1.54, 1.807) is 0 Å². The normalized spacial score (nSPS) is 13.5. The van der Waals surface area contributed by atoms with Crippen LogP contribution in [0.25, 0.3) is 0 Å². The van der Waals surface area contributed by atoms with Crippen molar-refractivity contribution in [2.45, 2.75) is 40.0 Å². The average Bonchev–Trinajstić information content (AvgIpc) is 1.98. The summed E-state index contributed by atoms with van der Waals surface area (Å²) in [6, 6.07) is 0. The highest BCUT2D eigenvalue weighted by Crippen LogP contribution is 2.19. The van der Waals surface area contributed by atoms with Gasteiger partial charge in [-0.25, -0.2) is 0 Å². The second-order valence-electron chi connectivity index (χ2n) is 3.07. The first-order chi connectivity index (χ1) is 5.09. The Morgan fingerprint density at radius 3 is 2.45 bits per heavy atom. The molecule has 1 unspecified atom stereocenters. The molecule has 0 aromatic rings. The molecule has 2 heteroatoms. The Kier molecular flexibility index (Phi) is 4.92. The molecule has 0 saturated heterocycles. The highest BCUT2D eigenvalue weighted by atomic mass is 16.1. The fourth-order valence-corrected chi connectivity index (χ4v) is 0.915. The first-order valence-electron chi connectivity index (χ1n) is 4.21. The number of carbonyl (C=O) groups excluding carboxylic acids is 1. The first-order valence-corrected chi connectivity index (χ1v) is 4.21. The molecule has 0 aromatic heterocycles. The van der Waals surface area contributed by atoms with E-state index in [1.807, 2.05) is 13.8 Å². The minimum atomic E-state index is -0.210. The third kappa shape index (κ3) is 4.02. The lowest BCUT2D eigenvalue weighted by atomic mass is 9.91. The van der Waals surface area contributed by atoms with E-state index in [0.29, 0.717) is 0 Å². The summed E-state index contributed by atoms with van der Waals surface area (Å²) in [6.45, 7) is 6.01. The molecule has 0 rings (SSSR count). The van der Waals surface area contributed by atoms with Crippen molar-refractivity contribution in [1.29, 1.82) is 0 Å². The van der Waals surface area contributed by atoms with Crippen LogP contribution in [0.5, 0.6) is 0 Å². The number of carbonyl (C=O) groups is 1. The van der Waals surface area contributed by atoms with Gasteiger partial charge >= 0.3 is 0 Å². The van der Waals surface area contributed by atoms with Gasteiger partial charge in [-0.3, -0.25) is 4.79 Å². The Hall–Kier alpha value is -0.530. The summed E-state index contributed by atoms with van der Waals surface area (Å²) in [7, 11) is 0. The predicted octanol–water partition coefficient (Wildman–Crippen LogP) is 1.89. The minimum absolute atomic E-state index is 0.0541. The zero-order valence-corrected chi connectivity index (χ0v) is 7.68. The van der Waals surface area contributed by atoms with E-state index in [2.05, 4.69) is 6.92 Å². The number of rotatable bonds is 5. The molecule has 0 aliphatic heterocycles. The van der Waals surface area contributed by atoms with Gasteiger partial charge in [0.25, 0.3) is 0 Å². The van der Waals surface area contributed by atoms with Crippen LogP contribution < -0.4 is 5.73 Å². The van der Waals surface area contributed by atoms with E-state index < -0.39 is 0 Å². The van der Waals surface area contributed by atoms with Crippen LogP contribution in [0.2, 0.25) is 0 Å². The quantitative estimate of drug-likeness (QED) is 0.649. The molecule has 11 heavy (non-hydrogen) atoms. The average molecular weight is 156 g/mol. The van der Waals surface area contributed by atoms with Gasteiger partial charge in [-0.15, -0.1) is 0 Å². The molecular weight excluding hydrogens is 138 g/mol. The Morgan fingerprint density at radius 1 is 1.55 bits per heavy atom. The van der Waals surface area contributed by atoms with Crippen LogP contribution in [0.3, 0.4) is 0 Å². The van der Waals surface area contributed by atoms with Crippen molar-refractivity contribution >= 4 is 5.91 Å². The molecule has 65 valence electrons. The Labute approximate surface area is 69.2 Å². The fraction of sp³-hybridized carbons (Fsp3) is 0.778. The SMILES string of the molecule is CCCC[C](C)C(C)C(N)=O. The summed E-state index contributed by atoms with van der Waals surface area (Å²) in [6.07, 6.45) is 3.35. The third-order valence-corrected chi connectivity index (χ3v) is 2.09. The zero-order chi connectivity index (χ0) is 8.85. The second kappa shape index (κ2) is 5.16. The maximum atomic E-state index is 10.7. The van der Waals surface area contributed by atoms with Crippen molar-refractivity contribution in [3.05, 3.63) is 5.92 Å². The van der Waals surface area contributed by atoms with E-state index >= 15 is 0 Å². The third-order valence-electron chi connectivity index (χ3n) is 2.09. The highest BCUT2D eigenvalue weighted by molar-refractivity contribution is 5.78. The summed E-state index contributed by atoms with van der Waals surface area (Å²) in [4.78, 5) is 10.7. The molecule has 0 aliphatic carbocycles. The molecule has 0 heterocycles. The van der Waals surface area contributed by atoms with Crippen molar-refractivity contribution < 1.29 is 4.79 Å². The molecule has 1 radical (unpaired) electrons. The molecule has 0 fully saturated rings. The van der Waals surface area contributed by atoms with Gasteiger partial charge in [0.15, 0.2) is 0 Å². The minimum Gasteiger partial charge on any atom is -0.369 e. The lowest BCUT2D eigenvalue weighted by Gasteiger charge is -2.14. The standard InChI is InChI=1S/C9H18NO/c1-4-5-6-7(2)8(3)9(10)11/h8H,4-6H2,1-3H3,(H2,10,11). The van der Waals surface area contributed by atoms with Crippen LogP contribution in [-0.2, 0) is 4.79 Å². The Bertz CT molecular complexity index is 123. The molecule has 0 spiro atoms. The van der Waals surface area contributed by atoms with Crippen LogP contribution in [0.15, 0.2) is 0 Å². The van der Waals surface area contributed by atoms with Crippen molar-refractivity contribution in [3.8, 4) is 0 Å². The molecule has 1 atom stereocenters. The van der Waals surface area contributed by atoms with Gasteiger partial charge < -0.3 is 5.73 Å². The zero-order valence-electron chi connectivity index (χ0n) is 7.68. The Balaban J connectivity index is 3.63. The van der Waals surface area contributed by atoms with Crippen molar-refractivity contribution in [2.24, 2.45) is 11.7 Å². The Morgan fingerprint density at radius 2 is 2.09 bits per heavy atom. The maximum absolute atomic E-state index is 10.7. The van der Waals surface area contributed by atoms with Gasteiger partial charge in [-0.1, -0.05) is 33.6 Å². The highest BCUT2D eigenvalue weighted by Gasteiger charge is 2.16. The summed E-state index contributed by atoms with van der Waals surface area (Å²) in [5.41, 5.74) is 5.15. The maximum Gasteiger partial charge on any atom is 0.220 e. The van der Waals surface area contributed by atoms with E-state index in [-0.39, 0.29) is 11.8 Å². The van der Waals surface area contributed by atoms with E-state index in [4.69, 9.17) is 5.73 Å². The van der Waals surface area contributed by atoms with Crippen molar-refractivity contribution in [3.63, 3.8) is 0 Å². The smallest absolute Gasteiger partial charge is 0.220 e. The van der Waals surface area contributed by atoms with Crippen LogP contribution in [0.1, 0.15) is 40.0 Å². The first kappa shape index (κ1) is 10.5. The summed E-state index contributed by atoms with van der Waals surface area (Å²) in [5, 5.41) is 0. The number of nitrogens with two attached hydrogens (primary N) is 1. The van der Waals surface area contributed by atoms with Gasteiger partial charge in [0.1, 0.15) is 0 Å². The lowest BCUT2D eigenvalue weighted by Crippen LogP contribution is -2.24. The number of unbranched alkanes of at least 4 members (excludes halogenated alkanes) is 1.